The molecule has 2 N–H and O–H groups in total. The lowest BCUT2D eigenvalue weighted by Crippen LogP contribution is -2.27. The molecule has 3 nitrogen and oxygen atoms in total. The van der Waals surface area contributed by atoms with Crippen molar-refractivity contribution in [3.63, 3.8) is 0 Å². The fourth-order valence-electron chi connectivity index (χ4n) is 2.58. The number of ether oxygens (including phenoxy) is 1. The highest BCUT2D eigenvalue weighted by Crippen LogP contribution is 2.48. The summed E-state index contributed by atoms with van der Waals surface area (Å²) in [5, 5.41) is 12.7. The highest BCUT2D eigenvalue weighted by Gasteiger charge is 2.41. The van der Waals surface area contributed by atoms with Gasteiger partial charge in [-0.05, 0) is 50.2 Å². The van der Waals surface area contributed by atoms with Gasteiger partial charge in [-0.15, -0.1) is 0 Å². The molecule has 19 heavy (non-hydrogen) atoms. The van der Waals surface area contributed by atoms with Crippen molar-refractivity contribution in [2.45, 2.75) is 39.2 Å². The minimum Gasteiger partial charge on any atom is -0.496 e. The summed E-state index contributed by atoms with van der Waals surface area (Å²) in [7, 11) is 1.72. The van der Waals surface area contributed by atoms with Gasteiger partial charge in [-0.2, -0.15) is 0 Å². The first-order chi connectivity index (χ1) is 9.10. The lowest BCUT2D eigenvalue weighted by atomic mass is 10.0. The third-order valence-electron chi connectivity index (χ3n) is 4.24. The molecule has 3 heteroatoms. The molecule has 1 aromatic carbocycles. The Balaban J connectivity index is 1.98. The molecule has 0 amide bonds. The van der Waals surface area contributed by atoms with Crippen molar-refractivity contribution >= 4 is 0 Å². The predicted molar refractivity (Wildman–Crippen MR) is 77.5 cm³/mol. The van der Waals surface area contributed by atoms with Crippen LogP contribution in [0.15, 0.2) is 18.2 Å². The van der Waals surface area contributed by atoms with Crippen molar-refractivity contribution in [3.8, 4) is 5.75 Å². The smallest absolute Gasteiger partial charge is 0.123 e. The molecule has 1 fully saturated rings. The van der Waals surface area contributed by atoms with Gasteiger partial charge in [0, 0.05) is 24.8 Å². The van der Waals surface area contributed by atoms with E-state index in [1.807, 2.05) is 0 Å². The van der Waals surface area contributed by atoms with Crippen molar-refractivity contribution in [2.75, 3.05) is 20.3 Å². The molecule has 0 aromatic heterocycles. The van der Waals surface area contributed by atoms with E-state index in [1.54, 1.807) is 7.11 Å². The maximum atomic E-state index is 9.09. The van der Waals surface area contributed by atoms with Gasteiger partial charge in [0.1, 0.15) is 5.75 Å². The molecule has 0 heterocycles. The molecule has 1 aromatic rings. The van der Waals surface area contributed by atoms with Gasteiger partial charge < -0.3 is 15.2 Å². The third kappa shape index (κ3) is 3.48. The summed E-state index contributed by atoms with van der Waals surface area (Å²) in [5.74, 6) is 0.951. The number of aryl methyl sites for hydroxylation is 1. The Morgan fingerprint density at radius 2 is 2.16 bits per heavy atom. The maximum Gasteiger partial charge on any atom is 0.123 e. The second-order valence-corrected chi connectivity index (χ2v) is 5.82. The molecule has 106 valence electrons. The van der Waals surface area contributed by atoms with Crippen LogP contribution in [0.4, 0.5) is 0 Å². The van der Waals surface area contributed by atoms with E-state index < -0.39 is 0 Å². The third-order valence-corrected chi connectivity index (χ3v) is 4.24. The molecule has 0 aliphatic heterocycles. The quantitative estimate of drug-likeness (QED) is 0.795. The van der Waals surface area contributed by atoms with Gasteiger partial charge in [0.05, 0.1) is 7.11 Å². The number of rotatable bonds is 7. The molecular formula is C16H25NO2. The Labute approximate surface area is 116 Å². The summed E-state index contributed by atoms with van der Waals surface area (Å²) in [4.78, 5) is 0. The number of hydrogen-bond acceptors (Lipinski definition) is 3. The van der Waals surface area contributed by atoms with Crippen LogP contribution in [0.25, 0.3) is 0 Å². The summed E-state index contributed by atoms with van der Waals surface area (Å²) < 4.78 is 5.46. The van der Waals surface area contributed by atoms with Gasteiger partial charge >= 0.3 is 0 Å². The zero-order valence-corrected chi connectivity index (χ0v) is 12.2. The number of benzene rings is 1. The highest BCUT2D eigenvalue weighted by molar-refractivity contribution is 5.39. The minimum absolute atomic E-state index is 0.270. The van der Waals surface area contributed by atoms with Crippen LogP contribution in [-0.2, 0) is 0 Å². The standard InChI is InChI=1S/C16H25NO2/c1-12-4-5-14(15(10-12)19-3)13(2)17-11-16(6-7-16)8-9-18/h4-5,10,13,17-18H,6-9,11H2,1-3H3. The number of aliphatic hydroxyl groups is 1. The first-order valence-electron chi connectivity index (χ1n) is 7.09. The monoisotopic (exact) mass is 263 g/mol. The van der Waals surface area contributed by atoms with E-state index in [9.17, 15) is 0 Å². The lowest BCUT2D eigenvalue weighted by molar-refractivity contribution is 0.242. The number of methoxy groups -OCH3 is 1. The molecule has 0 spiro atoms. The fourth-order valence-corrected chi connectivity index (χ4v) is 2.58. The zero-order chi connectivity index (χ0) is 13.9. The SMILES string of the molecule is COc1cc(C)ccc1C(C)NCC1(CCO)CC1. The zero-order valence-electron chi connectivity index (χ0n) is 12.2. The van der Waals surface area contributed by atoms with Gasteiger partial charge in [0.25, 0.3) is 0 Å². The topological polar surface area (TPSA) is 41.5 Å². The minimum atomic E-state index is 0.270. The van der Waals surface area contributed by atoms with Crippen LogP contribution < -0.4 is 10.1 Å². The molecule has 0 bridgehead atoms. The van der Waals surface area contributed by atoms with Crippen molar-refractivity contribution in [1.82, 2.24) is 5.32 Å². The van der Waals surface area contributed by atoms with Crippen LogP contribution in [0.2, 0.25) is 0 Å². The molecule has 1 saturated carbocycles. The van der Waals surface area contributed by atoms with Crippen molar-refractivity contribution in [1.29, 1.82) is 0 Å². The van der Waals surface area contributed by atoms with Gasteiger partial charge in [-0.3, -0.25) is 0 Å². The predicted octanol–water partition coefficient (Wildman–Crippen LogP) is 2.82. The first kappa shape index (κ1) is 14.4. The second-order valence-electron chi connectivity index (χ2n) is 5.82. The van der Waals surface area contributed by atoms with Crippen LogP contribution in [0.3, 0.4) is 0 Å². The van der Waals surface area contributed by atoms with E-state index in [0.717, 1.165) is 18.7 Å². The Morgan fingerprint density at radius 3 is 2.74 bits per heavy atom. The normalized spacial score (nSPS) is 18.1. The van der Waals surface area contributed by atoms with Crippen molar-refractivity contribution < 1.29 is 9.84 Å². The Morgan fingerprint density at radius 1 is 1.42 bits per heavy atom. The lowest BCUT2D eigenvalue weighted by Gasteiger charge is -2.21. The van der Waals surface area contributed by atoms with E-state index in [1.165, 1.54) is 24.0 Å². The van der Waals surface area contributed by atoms with E-state index in [-0.39, 0.29) is 6.04 Å². The van der Waals surface area contributed by atoms with Gasteiger partial charge in [-0.1, -0.05) is 12.1 Å². The summed E-state index contributed by atoms with van der Waals surface area (Å²) in [6.07, 6.45) is 3.38. The molecule has 1 aliphatic rings. The maximum absolute atomic E-state index is 9.09. The summed E-state index contributed by atoms with van der Waals surface area (Å²) in [6.45, 7) is 5.52. The van der Waals surface area contributed by atoms with E-state index in [2.05, 4.69) is 37.4 Å². The van der Waals surface area contributed by atoms with Gasteiger partial charge in [0.15, 0.2) is 0 Å². The number of hydrogen-bond donors (Lipinski definition) is 2. The molecule has 1 aliphatic carbocycles. The van der Waals surface area contributed by atoms with E-state index in [4.69, 9.17) is 9.84 Å². The van der Waals surface area contributed by atoms with Crippen LogP contribution in [0.5, 0.6) is 5.75 Å². The number of aliphatic hydroxyl groups excluding tert-OH is 1. The molecule has 0 radical (unpaired) electrons. The van der Waals surface area contributed by atoms with Gasteiger partial charge in [-0.25, -0.2) is 0 Å². The largest absolute Gasteiger partial charge is 0.496 e. The average Bonchev–Trinajstić information content (AvgIpc) is 3.16. The molecule has 1 unspecified atom stereocenters. The van der Waals surface area contributed by atoms with Crippen LogP contribution in [0.1, 0.15) is 43.4 Å². The Kier molecular flexibility index (Phi) is 4.48. The van der Waals surface area contributed by atoms with Crippen LogP contribution >= 0.6 is 0 Å². The summed E-state index contributed by atoms with van der Waals surface area (Å²) >= 11 is 0. The van der Waals surface area contributed by atoms with Crippen LogP contribution in [0, 0.1) is 12.3 Å². The van der Waals surface area contributed by atoms with Crippen molar-refractivity contribution in [3.05, 3.63) is 29.3 Å². The second kappa shape index (κ2) is 5.93. The molecular weight excluding hydrogens is 238 g/mol. The fraction of sp³-hybridized carbons (Fsp3) is 0.625. The Bertz CT molecular complexity index is 427. The molecule has 0 saturated heterocycles. The van der Waals surface area contributed by atoms with Crippen molar-refractivity contribution in [2.24, 2.45) is 5.41 Å². The van der Waals surface area contributed by atoms with E-state index in [0.29, 0.717) is 12.0 Å². The molecule has 2 rings (SSSR count). The molecule has 1 atom stereocenters. The van der Waals surface area contributed by atoms with E-state index >= 15 is 0 Å². The average molecular weight is 263 g/mol. The highest BCUT2D eigenvalue weighted by atomic mass is 16.5. The Hall–Kier alpha value is -1.06. The van der Waals surface area contributed by atoms with Crippen LogP contribution in [-0.4, -0.2) is 25.4 Å². The number of nitrogens with one attached hydrogen (secondary N) is 1. The first-order valence-corrected chi connectivity index (χ1v) is 7.09. The summed E-state index contributed by atoms with van der Waals surface area (Å²) in [5.41, 5.74) is 2.76. The van der Waals surface area contributed by atoms with Gasteiger partial charge in [0.2, 0.25) is 0 Å². The summed E-state index contributed by atoms with van der Waals surface area (Å²) in [6, 6.07) is 6.61.